The summed E-state index contributed by atoms with van der Waals surface area (Å²) in [5.74, 6) is 0.0425. The Hall–Kier alpha value is -1.62. The second-order valence-corrected chi connectivity index (χ2v) is 4.48. The standard InChI is InChI=1S/C13H19N3O2/c1-10-12(11(2)15(3)14-10)4-5-13(17)16-6-8-18-9-7-16/h4-5H,6-9H2,1-3H3/b5-4-. The molecule has 5 heteroatoms. The number of carbonyl (C=O) groups excluding carboxylic acids is 1. The summed E-state index contributed by atoms with van der Waals surface area (Å²) in [6.07, 6.45) is 3.48. The molecule has 0 unspecified atom stereocenters. The van der Waals surface area contributed by atoms with Gasteiger partial charge in [0.25, 0.3) is 0 Å². The Balaban J connectivity index is 2.08. The average molecular weight is 249 g/mol. The van der Waals surface area contributed by atoms with E-state index in [1.807, 2.05) is 31.7 Å². The van der Waals surface area contributed by atoms with Crippen molar-refractivity contribution in [3.8, 4) is 0 Å². The molecule has 1 aliphatic heterocycles. The summed E-state index contributed by atoms with van der Waals surface area (Å²) in [4.78, 5) is 13.8. The Labute approximate surface area is 107 Å². The van der Waals surface area contributed by atoms with Crippen molar-refractivity contribution in [1.29, 1.82) is 0 Å². The highest BCUT2D eigenvalue weighted by molar-refractivity contribution is 5.92. The smallest absolute Gasteiger partial charge is 0.246 e. The summed E-state index contributed by atoms with van der Waals surface area (Å²) < 4.78 is 7.05. The first-order chi connectivity index (χ1) is 8.59. The van der Waals surface area contributed by atoms with Crippen LogP contribution in [0.2, 0.25) is 0 Å². The van der Waals surface area contributed by atoms with Gasteiger partial charge in [0.05, 0.1) is 18.9 Å². The molecule has 0 saturated carbocycles. The molecule has 0 atom stereocenters. The van der Waals surface area contributed by atoms with Gasteiger partial charge in [0.15, 0.2) is 0 Å². The van der Waals surface area contributed by atoms with Crippen LogP contribution < -0.4 is 0 Å². The summed E-state index contributed by atoms with van der Waals surface area (Å²) >= 11 is 0. The molecule has 0 aromatic carbocycles. The zero-order valence-electron chi connectivity index (χ0n) is 11.1. The van der Waals surface area contributed by atoms with Gasteiger partial charge >= 0.3 is 0 Å². The number of carbonyl (C=O) groups is 1. The molecule has 0 bridgehead atoms. The van der Waals surface area contributed by atoms with Crippen LogP contribution in [0.15, 0.2) is 6.08 Å². The lowest BCUT2D eigenvalue weighted by molar-refractivity contribution is -0.129. The lowest BCUT2D eigenvalue weighted by Crippen LogP contribution is -2.39. The first kappa shape index (κ1) is 12.8. The molecule has 0 spiro atoms. The Morgan fingerprint density at radius 3 is 2.56 bits per heavy atom. The molecule has 0 radical (unpaired) electrons. The number of ether oxygens (including phenoxy) is 1. The van der Waals surface area contributed by atoms with E-state index < -0.39 is 0 Å². The van der Waals surface area contributed by atoms with E-state index in [-0.39, 0.29) is 5.91 Å². The van der Waals surface area contributed by atoms with Crippen molar-refractivity contribution < 1.29 is 9.53 Å². The molecule has 0 aliphatic carbocycles. The molecular weight excluding hydrogens is 230 g/mol. The monoisotopic (exact) mass is 249 g/mol. The van der Waals surface area contributed by atoms with Crippen LogP contribution in [0.25, 0.3) is 6.08 Å². The number of nitrogens with zero attached hydrogens (tertiary/aromatic N) is 3. The number of amides is 1. The van der Waals surface area contributed by atoms with Crippen LogP contribution in [-0.2, 0) is 16.6 Å². The Morgan fingerprint density at radius 2 is 2.00 bits per heavy atom. The molecule has 1 aromatic heterocycles. The minimum atomic E-state index is 0.0425. The summed E-state index contributed by atoms with van der Waals surface area (Å²) in [5.41, 5.74) is 3.04. The molecule has 1 fully saturated rings. The number of aromatic nitrogens is 2. The second-order valence-electron chi connectivity index (χ2n) is 4.48. The van der Waals surface area contributed by atoms with Gasteiger partial charge in [-0.25, -0.2) is 0 Å². The van der Waals surface area contributed by atoms with Gasteiger partial charge < -0.3 is 9.64 Å². The van der Waals surface area contributed by atoms with E-state index in [0.717, 1.165) is 17.0 Å². The fourth-order valence-electron chi connectivity index (χ4n) is 2.07. The number of morpholine rings is 1. The topological polar surface area (TPSA) is 47.4 Å². The van der Waals surface area contributed by atoms with Crippen LogP contribution in [0.4, 0.5) is 0 Å². The first-order valence-electron chi connectivity index (χ1n) is 6.14. The predicted octanol–water partition coefficient (Wildman–Crippen LogP) is 0.909. The maximum atomic E-state index is 12.0. The fraction of sp³-hybridized carbons (Fsp3) is 0.538. The second kappa shape index (κ2) is 5.35. The molecule has 1 amide bonds. The molecule has 2 heterocycles. The SMILES string of the molecule is Cc1nn(C)c(C)c1/C=C\C(=O)N1CCOCC1. The van der Waals surface area contributed by atoms with Crippen LogP contribution >= 0.6 is 0 Å². The Morgan fingerprint density at radius 1 is 1.33 bits per heavy atom. The first-order valence-corrected chi connectivity index (χ1v) is 6.14. The van der Waals surface area contributed by atoms with Crippen molar-refractivity contribution in [2.24, 2.45) is 7.05 Å². The highest BCUT2D eigenvalue weighted by Crippen LogP contribution is 2.13. The number of rotatable bonds is 2. The third-order valence-electron chi connectivity index (χ3n) is 3.28. The molecule has 0 N–H and O–H groups in total. The summed E-state index contributed by atoms with van der Waals surface area (Å²) in [6, 6.07) is 0. The predicted molar refractivity (Wildman–Crippen MR) is 69.1 cm³/mol. The van der Waals surface area contributed by atoms with E-state index in [4.69, 9.17) is 4.74 Å². The van der Waals surface area contributed by atoms with Crippen LogP contribution in [0.1, 0.15) is 17.0 Å². The van der Waals surface area contributed by atoms with Crippen molar-refractivity contribution in [2.45, 2.75) is 13.8 Å². The molecule has 2 rings (SSSR count). The van der Waals surface area contributed by atoms with E-state index in [9.17, 15) is 4.79 Å². The quantitative estimate of drug-likeness (QED) is 0.732. The lowest BCUT2D eigenvalue weighted by atomic mass is 10.2. The molecule has 1 saturated heterocycles. The number of hydrogen-bond acceptors (Lipinski definition) is 3. The fourth-order valence-corrected chi connectivity index (χ4v) is 2.07. The molecule has 1 aliphatic rings. The normalized spacial score (nSPS) is 16.5. The summed E-state index contributed by atoms with van der Waals surface area (Å²) in [5, 5.41) is 4.32. The third-order valence-corrected chi connectivity index (χ3v) is 3.28. The number of hydrogen-bond donors (Lipinski definition) is 0. The van der Waals surface area contributed by atoms with Gasteiger partial charge in [0.1, 0.15) is 0 Å². The van der Waals surface area contributed by atoms with Crippen molar-refractivity contribution in [2.75, 3.05) is 26.3 Å². The highest BCUT2D eigenvalue weighted by Gasteiger charge is 2.14. The van der Waals surface area contributed by atoms with Gasteiger partial charge in [-0.2, -0.15) is 5.10 Å². The largest absolute Gasteiger partial charge is 0.378 e. The third kappa shape index (κ3) is 2.61. The minimum Gasteiger partial charge on any atom is -0.378 e. The Bertz CT molecular complexity index is 471. The van der Waals surface area contributed by atoms with Crippen molar-refractivity contribution in [3.05, 3.63) is 23.0 Å². The van der Waals surface area contributed by atoms with E-state index >= 15 is 0 Å². The summed E-state index contributed by atoms with van der Waals surface area (Å²) in [6.45, 7) is 6.56. The zero-order valence-corrected chi connectivity index (χ0v) is 11.1. The zero-order chi connectivity index (χ0) is 13.1. The van der Waals surface area contributed by atoms with E-state index in [2.05, 4.69) is 5.10 Å². The van der Waals surface area contributed by atoms with Crippen LogP contribution in [0.5, 0.6) is 0 Å². The maximum absolute atomic E-state index is 12.0. The van der Waals surface area contributed by atoms with Crippen molar-refractivity contribution in [3.63, 3.8) is 0 Å². The molecule has 5 nitrogen and oxygen atoms in total. The number of aryl methyl sites for hydroxylation is 2. The van der Waals surface area contributed by atoms with Gasteiger partial charge in [-0.05, 0) is 19.9 Å². The van der Waals surface area contributed by atoms with Crippen LogP contribution in [-0.4, -0.2) is 46.9 Å². The van der Waals surface area contributed by atoms with Gasteiger partial charge in [-0.1, -0.05) is 0 Å². The van der Waals surface area contributed by atoms with Crippen LogP contribution in [0, 0.1) is 13.8 Å². The van der Waals surface area contributed by atoms with Gasteiger partial charge in [-0.3, -0.25) is 9.48 Å². The van der Waals surface area contributed by atoms with E-state index in [1.165, 1.54) is 0 Å². The van der Waals surface area contributed by atoms with Gasteiger partial charge in [0.2, 0.25) is 5.91 Å². The van der Waals surface area contributed by atoms with Gasteiger partial charge in [0, 0.05) is 37.5 Å². The molecule has 1 aromatic rings. The van der Waals surface area contributed by atoms with Crippen LogP contribution in [0.3, 0.4) is 0 Å². The highest BCUT2D eigenvalue weighted by atomic mass is 16.5. The van der Waals surface area contributed by atoms with Gasteiger partial charge in [-0.15, -0.1) is 0 Å². The summed E-state index contributed by atoms with van der Waals surface area (Å²) in [7, 11) is 1.91. The molecule has 98 valence electrons. The van der Waals surface area contributed by atoms with Crippen molar-refractivity contribution in [1.82, 2.24) is 14.7 Å². The maximum Gasteiger partial charge on any atom is 0.246 e. The van der Waals surface area contributed by atoms with Crippen molar-refractivity contribution >= 4 is 12.0 Å². The Kier molecular flexibility index (Phi) is 3.81. The molecule has 18 heavy (non-hydrogen) atoms. The van der Waals surface area contributed by atoms with E-state index in [1.54, 1.807) is 11.0 Å². The van der Waals surface area contributed by atoms with E-state index in [0.29, 0.717) is 26.3 Å². The average Bonchev–Trinajstić information content (AvgIpc) is 2.62. The molecular formula is C13H19N3O2. The lowest BCUT2D eigenvalue weighted by Gasteiger charge is -2.25. The minimum absolute atomic E-state index is 0.0425.